The first-order valence-electron chi connectivity index (χ1n) is 13.8. The average molecular weight is 422 g/mol. The van der Waals surface area contributed by atoms with Crippen molar-refractivity contribution < 1.29 is 4.79 Å². The maximum absolute atomic E-state index is 9.95. The molecule has 30 heavy (non-hydrogen) atoms. The van der Waals surface area contributed by atoms with Crippen LogP contribution in [0, 0.1) is 5.92 Å². The number of hydrogen-bond acceptors (Lipinski definition) is 2. The van der Waals surface area contributed by atoms with E-state index in [9.17, 15) is 4.79 Å². The van der Waals surface area contributed by atoms with E-state index in [0.29, 0.717) is 6.54 Å². The van der Waals surface area contributed by atoms with Crippen LogP contribution in [0.15, 0.2) is 4.99 Å². The van der Waals surface area contributed by atoms with Crippen LogP contribution in [0.1, 0.15) is 162 Å². The van der Waals surface area contributed by atoms with Crippen molar-refractivity contribution in [1.29, 1.82) is 0 Å². The summed E-state index contributed by atoms with van der Waals surface area (Å²) in [5, 5.41) is 0. The lowest BCUT2D eigenvalue weighted by atomic mass is 10.0. The van der Waals surface area contributed by atoms with Crippen molar-refractivity contribution in [2.24, 2.45) is 10.9 Å². The molecule has 0 aliphatic heterocycles. The van der Waals surface area contributed by atoms with Crippen LogP contribution in [0.2, 0.25) is 0 Å². The Bertz CT molecular complexity index is 360. The Balaban J connectivity index is 3.01. The number of isocyanates is 1. The van der Waals surface area contributed by atoms with Gasteiger partial charge >= 0.3 is 0 Å². The molecule has 0 fully saturated rings. The van der Waals surface area contributed by atoms with Gasteiger partial charge in [0.2, 0.25) is 6.08 Å². The molecule has 0 rings (SSSR count). The van der Waals surface area contributed by atoms with Gasteiger partial charge in [-0.15, -0.1) is 0 Å². The van der Waals surface area contributed by atoms with Gasteiger partial charge in [0.15, 0.2) is 0 Å². The maximum Gasteiger partial charge on any atom is 0.234 e. The SMILES string of the molecule is CC(C)CCCCCCCCCCCCCCCCCCCCCCCCN=C=O. The standard InChI is InChI=1S/C28H55NO/c1-28(2)25-23-21-19-17-15-13-11-9-7-5-3-4-6-8-10-12-14-16-18-20-22-24-26-29-27-30/h28H,3-26H2,1-2H3. The molecule has 0 bridgehead atoms. The molecule has 0 aliphatic carbocycles. The van der Waals surface area contributed by atoms with Gasteiger partial charge in [-0.2, -0.15) is 0 Å². The monoisotopic (exact) mass is 421 g/mol. The fourth-order valence-corrected chi connectivity index (χ4v) is 4.32. The molecule has 0 saturated heterocycles. The molecular formula is C28H55NO. The van der Waals surface area contributed by atoms with Gasteiger partial charge < -0.3 is 0 Å². The molecule has 0 atom stereocenters. The minimum atomic E-state index is 0.669. The highest BCUT2D eigenvalue weighted by molar-refractivity contribution is 5.32. The summed E-state index contributed by atoms with van der Waals surface area (Å²) in [6.07, 6.45) is 34.1. The van der Waals surface area contributed by atoms with Gasteiger partial charge in [0.05, 0.1) is 6.54 Å². The molecule has 2 nitrogen and oxygen atoms in total. The predicted octanol–water partition coefficient (Wildman–Crippen LogP) is 9.95. The molecule has 0 aromatic rings. The lowest BCUT2D eigenvalue weighted by molar-refractivity contribution is 0.500. The molecule has 0 amide bonds. The Hall–Kier alpha value is -0.620. The lowest BCUT2D eigenvalue weighted by Crippen LogP contribution is -1.87. The third kappa shape index (κ3) is 27.4. The Kier molecular flexibility index (Phi) is 25.9. The summed E-state index contributed by atoms with van der Waals surface area (Å²) >= 11 is 0. The molecule has 2 heteroatoms. The van der Waals surface area contributed by atoms with Crippen LogP contribution in [0.25, 0.3) is 0 Å². The fourth-order valence-electron chi connectivity index (χ4n) is 4.32. The van der Waals surface area contributed by atoms with E-state index in [2.05, 4.69) is 18.8 Å². The summed E-state index contributed by atoms with van der Waals surface area (Å²) in [6.45, 7) is 5.34. The topological polar surface area (TPSA) is 29.4 Å². The second-order valence-corrected chi connectivity index (χ2v) is 9.93. The second kappa shape index (κ2) is 26.4. The van der Waals surface area contributed by atoms with Gasteiger partial charge in [-0.05, 0) is 12.3 Å². The van der Waals surface area contributed by atoms with Crippen LogP contribution in [-0.4, -0.2) is 12.6 Å². The first-order chi connectivity index (χ1) is 14.8. The smallest absolute Gasteiger partial charge is 0.211 e. The molecular weight excluding hydrogens is 366 g/mol. The number of hydrogen-bond donors (Lipinski definition) is 0. The van der Waals surface area contributed by atoms with Crippen molar-refractivity contribution in [2.75, 3.05) is 6.54 Å². The molecule has 178 valence electrons. The predicted molar refractivity (Wildman–Crippen MR) is 134 cm³/mol. The van der Waals surface area contributed by atoms with Crippen molar-refractivity contribution in [3.05, 3.63) is 0 Å². The highest BCUT2D eigenvalue weighted by Gasteiger charge is 1.97. The van der Waals surface area contributed by atoms with Crippen molar-refractivity contribution in [3.8, 4) is 0 Å². The van der Waals surface area contributed by atoms with Gasteiger partial charge in [-0.1, -0.05) is 155 Å². The molecule has 0 saturated carbocycles. The van der Waals surface area contributed by atoms with Crippen molar-refractivity contribution >= 4 is 6.08 Å². The van der Waals surface area contributed by atoms with E-state index in [-0.39, 0.29) is 0 Å². The molecule has 0 N–H and O–H groups in total. The van der Waals surface area contributed by atoms with Crippen LogP contribution in [-0.2, 0) is 4.79 Å². The number of unbranched alkanes of at least 4 members (excludes halogenated alkanes) is 21. The number of aliphatic imine (C=N–C) groups is 1. The van der Waals surface area contributed by atoms with Crippen molar-refractivity contribution in [1.82, 2.24) is 0 Å². The molecule has 0 aromatic heterocycles. The van der Waals surface area contributed by atoms with Gasteiger partial charge in [-0.25, -0.2) is 9.79 Å². The summed E-state index contributed by atoms with van der Waals surface area (Å²) in [7, 11) is 0. The molecule has 0 unspecified atom stereocenters. The first-order valence-corrected chi connectivity index (χ1v) is 13.8. The van der Waals surface area contributed by atoms with E-state index in [0.717, 1.165) is 12.3 Å². The molecule has 0 heterocycles. The minimum absolute atomic E-state index is 0.669. The van der Waals surface area contributed by atoms with Crippen LogP contribution >= 0.6 is 0 Å². The maximum atomic E-state index is 9.95. The second-order valence-electron chi connectivity index (χ2n) is 9.93. The zero-order valence-electron chi connectivity index (χ0n) is 20.9. The summed E-state index contributed by atoms with van der Waals surface area (Å²) in [4.78, 5) is 13.5. The van der Waals surface area contributed by atoms with E-state index in [4.69, 9.17) is 0 Å². The van der Waals surface area contributed by atoms with Gasteiger partial charge in [0.1, 0.15) is 0 Å². The Morgan fingerprint density at radius 2 is 0.733 bits per heavy atom. The first kappa shape index (κ1) is 29.4. The van der Waals surface area contributed by atoms with Crippen molar-refractivity contribution in [2.45, 2.75) is 162 Å². The largest absolute Gasteiger partial charge is 0.234 e. The average Bonchev–Trinajstić information content (AvgIpc) is 2.73. The highest BCUT2D eigenvalue weighted by atomic mass is 16.1. The Morgan fingerprint density at radius 1 is 0.467 bits per heavy atom. The quantitative estimate of drug-likeness (QED) is 0.0818. The highest BCUT2D eigenvalue weighted by Crippen LogP contribution is 2.16. The van der Waals surface area contributed by atoms with Gasteiger partial charge in [0.25, 0.3) is 0 Å². The summed E-state index contributed by atoms with van der Waals surface area (Å²) in [5.74, 6) is 0.888. The van der Waals surface area contributed by atoms with E-state index in [1.54, 1.807) is 6.08 Å². The van der Waals surface area contributed by atoms with Gasteiger partial charge in [-0.3, -0.25) is 0 Å². The fraction of sp³-hybridized carbons (Fsp3) is 0.964. The number of rotatable bonds is 25. The van der Waals surface area contributed by atoms with E-state index < -0.39 is 0 Å². The minimum Gasteiger partial charge on any atom is -0.211 e. The Labute approximate surface area is 190 Å². The van der Waals surface area contributed by atoms with Crippen LogP contribution in [0.3, 0.4) is 0 Å². The molecule has 0 aromatic carbocycles. The van der Waals surface area contributed by atoms with Crippen LogP contribution < -0.4 is 0 Å². The third-order valence-corrected chi connectivity index (χ3v) is 6.37. The van der Waals surface area contributed by atoms with E-state index in [1.165, 1.54) is 141 Å². The summed E-state index contributed by atoms with van der Waals surface area (Å²) < 4.78 is 0. The summed E-state index contributed by atoms with van der Waals surface area (Å²) in [6, 6.07) is 0. The zero-order chi connectivity index (χ0) is 22.0. The third-order valence-electron chi connectivity index (χ3n) is 6.37. The zero-order valence-corrected chi connectivity index (χ0v) is 20.9. The molecule has 0 radical (unpaired) electrons. The molecule has 0 aliphatic rings. The summed E-state index contributed by atoms with van der Waals surface area (Å²) in [5.41, 5.74) is 0. The lowest BCUT2D eigenvalue weighted by Gasteiger charge is -2.05. The Morgan fingerprint density at radius 3 is 1.00 bits per heavy atom. The van der Waals surface area contributed by atoms with Crippen LogP contribution in [0.5, 0.6) is 0 Å². The number of nitrogens with zero attached hydrogens (tertiary/aromatic N) is 1. The normalized spacial score (nSPS) is 11.2. The number of carbonyl (C=O) groups excluding carboxylic acids is 1. The van der Waals surface area contributed by atoms with Crippen molar-refractivity contribution in [3.63, 3.8) is 0 Å². The van der Waals surface area contributed by atoms with Crippen LogP contribution in [0.4, 0.5) is 0 Å². The van der Waals surface area contributed by atoms with E-state index >= 15 is 0 Å². The van der Waals surface area contributed by atoms with E-state index in [1.807, 2.05) is 0 Å². The molecule has 0 spiro atoms. The van der Waals surface area contributed by atoms with Gasteiger partial charge in [0, 0.05) is 0 Å².